The molecule has 5 aliphatic rings. The molecule has 19 heavy (non-hydrogen) atoms. The van der Waals surface area contributed by atoms with E-state index in [9.17, 15) is 9.59 Å². The highest BCUT2D eigenvalue weighted by atomic mass is 16.2. The number of piperazine rings is 1. The number of fused-ring (bicyclic) bond motifs is 1. The predicted octanol–water partition coefficient (Wildman–Crippen LogP) is -0.635. The molecular weight excluding hydrogens is 244 g/mol. The van der Waals surface area contributed by atoms with Gasteiger partial charge in [0.1, 0.15) is 0 Å². The van der Waals surface area contributed by atoms with Gasteiger partial charge in [0.2, 0.25) is 5.91 Å². The zero-order valence-electron chi connectivity index (χ0n) is 11.2. The molecule has 104 valence electrons. The van der Waals surface area contributed by atoms with E-state index in [1.54, 1.807) is 7.05 Å². The van der Waals surface area contributed by atoms with E-state index in [1.807, 2.05) is 4.90 Å². The normalized spacial score (nSPS) is 43.4. The smallest absolute Gasteiger partial charge is 0.320 e. The molecule has 2 N–H and O–H groups in total. The molecule has 3 amide bonds. The van der Waals surface area contributed by atoms with Gasteiger partial charge in [-0.3, -0.25) is 4.79 Å². The number of hydrogen-bond donors (Lipinski definition) is 2. The molecular formula is C13H20N4O2. The molecule has 3 aliphatic carbocycles. The molecule has 5 fully saturated rings. The molecule has 2 saturated heterocycles. The van der Waals surface area contributed by atoms with E-state index in [4.69, 9.17) is 0 Å². The van der Waals surface area contributed by atoms with Crippen molar-refractivity contribution in [1.82, 2.24) is 20.4 Å². The topological polar surface area (TPSA) is 64.7 Å². The molecule has 0 spiro atoms. The van der Waals surface area contributed by atoms with Crippen molar-refractivity contribution in [2.24, 2.45) is 5.41 Å². The van der Waals surface area contributed by atoms with Crippen LogP contribution in [-0.2, 0) is 4.79 Å². The highest BCUT2D eigenvalue weighted by Gasteiger charge is 2.75. The minimum absolute atomic E-state index is 0.000926. The third kappa shape index (κ3) is 1.25. The van der Waals surface area contributed by atoms with Crippen molar-refractivity contribution in [3.63, 3.8) is 0 Å². The highest BCUT2D eigenvalue weighted by Crippen LogP contribution is 2.70. The Balaban J connectivity index is 1.49. The Kier molecular flexibility index (Phi) is 2.07. The molecule has 0 aromatic carbocycles. The summed E-state index contributed by atoms with van der Waals surface area (Å²) >= 11 is 0. The van der Waals surface area contributed by atoms with Gasteiger partial charge in [-0.05, 0) is 19.3 Å². The van der Waals surface area contributed by atoms with Gasteiger partial charge in [0, 0.05) is 38.8 Å². The van der Waals surface area contributed by atoms with Gasteiger partial charge in [0.25, 0.3) is 0 Å². The van der Waals surface area contributed by atoms with E-state index in [0.29, 0.717) is 6.04 Å². The van der Waals surface area contributed by atoms with Gasteiger partial charge in [-0.25, -0.2) is 4.79 Å². The van der Waals surface area contributed by atoms with Crippen molar-refractivity contribution in [1.29, 1.82) is 0 Å². The standard InChI is InChI=1S/C13H20N4O2/c1-14-10(18)12-6-13(7-12,8-12)17-5-9-4-15-2-3-16(9)11(17)19/h9,15H,2-8H2,1H3,(H,14,18)/t9-,12?,13?/m0/s1. The summed E-state index contributed by atoms with van der Waals surface area (Å²) in [6.07, 6.45) is 2.58. The Morgan fingerprint density at radius 2 is 2.16 bits per heavy atom. The molecule has 6 nitrogen and oxygen atoms in total. The predicted molar refractivity (Wildman–Crippen MR) is 68.5 cm³/mol. The number of carbonyl (C=O) groups is 2. The second-order valence-corrected chi connectivity index (χ2v) is 6.56. The maximum Gasteiger partial charge on any atom is 0.320 e. The van der Waals surface area contributed by atoms with E-state index >= 15 is 0 Å². The van der Waals surface area contributed by atoms with Crippen molar-refractivity contribution in [3.8, 4) is 0 Å². The zero-order chi connectivity index (χ0) is 13.3. The fraction of sp³-hybridized carbons (Fsp3) is 0.846. The molecule has 6 heteroatoms. The van der Waals surface area contributed by atoms with Gasteiger partial charge in [0.15, 0.2) is 0 Å². The van der Waals surface area contributed by atoms with E-state index < -0.39 is 0 Å². The fourth-order valence-corrected chi connectivity index (χ4v) is 4.54. The van der Waals surface area contributed by atoms with Crippen LogP contribution in [0.25, 0.3) is 0 Å². The maximum atomic E-state index is 12.5. The Bertz CT molecular complexity index is 444. The van der Waals surface area contributed by atoms with Gasteiger partial charge in [0.05, 0.1) is 11.5 Å². The summed E-state index contributed by atoms with van der Waals surface area (Å²) < 4.78 is 0. The molecule has 0 radical (unpaired) electrons. The molecule has 3 saturated carbocycles. The monoisotopic (exact) mass is 264 g/mol. The van der Waals surface area contributed by atoms with Crippen LogP contribution in [0.2, 0.25) is 0 Å². The van der Waals surface area contributed by atoms with Gasteiger partial charge in [-0.15, -0.1) is 0 Å². The van der Waals surface area contributed by atoms with Crippen LogP contribution in [0, 0.1) is 5.41 Å². The lowest BCUT2D eigenvalue weighted by molar-refractivity contribution is -0.204. The number of rotatable bonds is 2. The quantitative estimate of drug-likeness (QED) is 0.697. The molecule has 2 aliphatic heterocycles. The molecule has 0 aromatic rings. The lowest BCUT2D eigenvalue weighted by atomic mass is 9.38. The second-order valence-electron chi connectivity index (χ2n) is 6.56. The number of nitrogens with zero attached hydrogens (tertiary/aromatic N) is 2. The first-order chi connectivity index (χ1) is 9.10. The van der Waals surface area contributed by atoms with Crippen molar-refractivity contribution in [3.05, 3.63) is 0 Å². The Labute approximate surface area is 112 Å². The zero-order valence-corrected chi connectivity index (χ0v) is 11.2. The van der Waals surface area contributed by atoms with E-state index in [-0.39, 0.29) is 22.9 Å². The Morgan fingerprint density at radius 1 is 1.42 bits per heavy atom. The SMILES string of the molecule is CNC(=O)C12CC(N3C[C@@H]4CNCCN4C3=O)(C1)C2. The van der Waals surface area contributed by atoms with Gasteiger partial charge < -0.3 is 20.4 Å². The number of hydrogen-bond acceptors (Lipinski definition) is 3. The van der Waals surface area contributed by atoms with Crippen LogP contribution in [0.5, 0.6) is 0 Å². The summed E-state index contributed by atoms with van der Waals surface area (Å²) in [7, 11) is 1.70. The molecule has 0 unspecified atom stereocenters. The van der Waals surface area contributed by atoms with E-state index in [1.165, 1.54) is 0 Å². The summed E-state index contributed by atoms with van der Waals surface area (Å²) in [6, 6.07) is 0.517. The van der Waals surface area contributed by atoms with Gasteiger partial charge in [-0.1, -0.05) is 0 Å². The van der Waals surface area contributed by atoms with E-state index in [0.717, 1.165) is 45.4 Å². The third-order valence-electron chi connectivity index (χ3n) is 5.50. The fourth-order valence-electron chi connectivity index (χ4n) is 4.54. The highest BCUT2D eigenvalue weighted by molar-refractivity contribution is 5.88. The first kappa shape index (κ1) is 11.5. The summed E-state index contributed by atoms with van der Waals surface area (Å²) in [6.45, 7) is 3.44. The average Bonchev–Trinajstić information content (AvgIpc) is 2.64. The average molecular weight is 264 g/mol. The number of urea groups is 1. The van der Waals surface area contributed by atoms with Gasteiger partial charge >= 0.3 is 6.03 Å². The van der Waals surface area contributed by atoms with E-state index in [2.05, 4.69) is 15.5 Å². The molecule has 1 atom stereocenters. The lowest BCUT2D eigenvalue weighted by Crippen LogP contribution is -2.78. The Hall–Kier alpha value is -1.30. The minimum atomic E-state index is -0.156. The second kappa shape index (κ2) is 3.42. The number of carbonyl (C=O) groups excluding carboxylic acids is 2. The van der Waals surface area contributed by atoms with Crippen LogP contribution in [0.3, 0.4) is 0 Å². The van der Waals surface area contributed by atoms with Crippen LogP contribution >= 0.6 is 0 Å². The van der Waals surface area contributed by atoms with Crippen LogP contribution in [-0.4, -0.2) is 66.5 Å². The van der Waals surface area contributed by atoms with Crippen LogP contribution in [0.1, 0.15) is 19.3 Å². The summed E-state index contributed by atoms with van der Waals surface area (Å²) in [5, 5.41) is 6.10. The number of amides is 3. The van der Waals surface area contributed by atoms with Crippen molar-refractivity contribution in [2.45, 2.75) is 30.8 Å². The Morgan fingerprint density at radius 3 is 2.79 bits per heavy atom. The summed E-state index contributed by atoms with van der Waals surface area (Å²) in [5.74, 6) is 0.153. The van der Waals surface area contributed by atoms with Gasteiger partial charge in [-0.2, -0.15) is 0 Å². The van der Waals surface area contributed by atoms with Crippen LogP contribution < -0.4 is 10.6 Å². The van der Waals surface area contributed by atoms with Crippen LogP contribution in [0.4, 0.5) is 4.79 Å². The molecule has 2 bridgehead atoms. The molecule has 2 heterocycles. The van der Waals surface area contributed by atoms with Crippen molar-refractivity contribution < 1.29 is 9.59 Å². The van der Waals surface area contributed by atoms with Crippen LogP contribution in [0.15, 0.2) is 0 Å². The lowest BCUT2D eigenvalue weighted by Gasteiger charge is -2.71. The first-order valence-corrected chi connectivity index (χ1v) is 7.11. The van der Waals surface area contributed by atoms with Crippen molar-refractivity contribution >= 4 is 11.9 Å². The third-order valence-corrected chi connectivity index (χ3v) is 5.50. The number of nitrogens with one attached hydrogen (secondary N) is 2. The first-order valence-electron chi connectivity index (χ1n) is 7.11. The van der Waals surface area contributed by atoms with Crippen molar-refractivity contribution in [2.75, 3.05) is 33.2 Å². The molecule has 0 aromatic heterocycles. The summed E-state index contributed by atoms with van der Waals surface area (Å²) in [4.78, 5) is 28.3. The minimum Gasteiger partial charge on any atom is -0.359 e. The summed E-state index contributed by atoms with van der Waals surface area (Å²) in [5.41, 5.74) is -0.155. The molecule has 5 rings (SSSR count). The largest absolute Gasteiger partial charge is 0.359 e. The maximum absolute atomic E-state index is 12.5.